The summed E-state index contributed by atoms with van der Waals surface area (Å²) in [6.45, 7) is 2.60. The molecule has 1 atom stereocenters. The van der Waals surface area contributed by atoms with E-state index in [1.807, 2.05) is 43.3 Å². The molecule has 0 radical (unpaired) electrons. The standard InChI is InChI=1S/C33H25Cl2NO6/c1-3-40-28-15-20(9-12-27(28)41-18-19-7-5-4-6-8-19)30-29-31(37)23-16-21(34)10-13-25(23)42-32(29)33(38)36(30)22-11-14-26(39-2)24(35)17-22/h4-17,30H,3,18H2,1-2H3. The molecule has 1 unspecified atom stereocenters. The van der Waals surface area contributed by atoms with E-state index >= 15 is 0 Å². The first-order valence-electron chi connectivity index (χ1n) is 13.3. The summed E-state index contributed by atoms with van der Waals surface area (Å²) in [5.41, 5.74) is 2.21. The fourth-order valence-electron chi connectivity index (χ4n) is 5.15. The van der Waals surface area contributed by atoms with Crippen molar-refractivity contribution in [2.24, 2.45) is 0 Å². The van der Waals surface area contributed by atoms with E-state index in [1.54, 1.807) is 48.5 Å². The van der Waals surface area contributed by atoms with Crippen LogP contribution in [0.5, 0.6) is 17.2 Å². The molecule has 1 amide bonds. The molecule has 7 nitrogen and oxygen atoms in total. The Morgan fingerprint density at radius 3 is 2.38 bits per heavy atom. The number of amides is 1. The normalized spacial score (nSPS) is 14.2. The average Bonchev–Trinajstić information content (AvgIpc) is 3.29. The van der Waals surface area contributed by atoms with E-state index in [1.165, 1.54) is 12.0 Å². The molecule has 0 saturated heterocycles. The van der Waals surface area contributed by atoms with Crippen molar-refractivity contribution in [2.45, 2.75) is 19.6 Å². The summed E-state index contributed by atoms with van der Waals surface area (Å²) in [7, 11) is 1.51. The van der Waals surface area contributed by atoms with Crippen LogP contribution >= 0.6 is 23.2 Å². The molecule has 1 aromatic heterocycles. The highest BCUT2D eigenvalue weighted by Crippen LogP contribution is 2.44. The molecule has 0 saturated carbocycles. The van der Waals surface area contributed by atoms with Gasteiger partial charge < -0.3 is 18.6 Å². The lowest BCUT2D eigenvalue weighted by atomic mass is 9.97. The van der Waals surface area contributed by atoms with E-state index in [-0.39, 0.29) is 27.7 Å². The first-order chi connectivity index (χ1) is 20.4. The number of hydrogen-bond acceptors (Lipinski definition) is 6. The molecule has 0 bridgehead atoms. The van der Waals surface area contributed by atoms with Gasteiger partial charge in [-0.25, -0.2) is 0 Å². The maximum atomic E-state index is 14.0. The minimum Gasteiger partial charge on any atom is -0.495 e. The molecular formula is C33H25Cl2NO6. The third-order valence-corrected chi connectivity index (χ3v) is 7.60. The van der Waals surface area contributed by atoms with Gasteiger partial charge in [0.15, 0.2) is 16.9 Å². The fraction of sp³-hybridized carbons (Fsp3) is 0.152. The second-order valence-corrected chi connectivity index (χ2v) is 10.5. The van der Waals surface area contributed by atoms with Crippen LogP contribution in [0.3, 0.4) is 0 Å². The van der Waals surface area contributed by atoms with Crippen LogP contribution in [0.2, 0.25) is 10.0 Å². The van der Waals surface area contributed by atoms with Crippen molar-refractivity contribution in [1.82, 2.24) is 0 Å². The van der Waals surface area contributed by atoms with Crippen molar-refractivity contribution in [3.8, 4) is 17.2 Å². The monoisotopic (exact) mass is 601 g/mol. The summed E-state index contributed by atoms with van der Waals surface area (Å²) < 4.78 is 23.4. The molecule has 0 fully saturated rings. The van der Waals surface area contributed by atoms with Gasteiger partial charge in [-0.05, 0) is 66.6 Å². The second kappa shape index (κ2) is 11.4. The lowest BCUT2D eigenvalue weighted by Crippen LogP contribution is -2.29. The van der Waals surface area contributed by atoms with Gasteiger partial charge in [0.05, 0.1) is 35.7 Å². The molecule has 1 aliphatic rings. The van der Waals surface area contributed by atoms with Crippen molar-refractivity contribution in [1.29, 1.82) is 0 Å². The van der Waals surface area contributed by atoms with Crippen LogP contribution in [0.25, 0.3) is 11.0 Å². The van der Waals surface area contributed by atoms with Gasteiger partial charge in [0.1, 0.15) is 17.9 Å². The van der Waals surface area contributed by atoms with E-state index in [9.17, 15) is 9.59 Å². The number of carbonyl (C=O) groups excluding carboxylic acids is 1. The molecule has 0 aliphatic carbocycles. The Bertz CT molecular complexity index is 1870. The van der Waals surface area contributed by atoms with Crippen molar-refractivity contribution < 1.29 is 23.4 Å². The molecule has 9 heteroatoms. The second-order valence-electron chi connectivity index (χ2n) is 9.62. The van der Waals surface area contributed by atoms with Gasteiger partial charge in [0.2, 0.25) is 5.76 Å². The van der Waals surface area contributed by atoms with Crippen LogP contribution < -0.4 is 24.5 Å². The number of rotatable bonds is 8. The van der Waals surface area contributed by atoms with Crippen molar-refractivity contribution in [3.05, 3.63) is 128 Å². The van der Waals surface area contributed by atoms with Crippen LogP contribution in [0, 0.1) is 0 Å². The zero-order chi connectivity index (χ0) is 29.4. The molecule has 0 N–H and O–H groups in total. The summed E-state index contributed by atoms with van der Waals surface area (Å²) in [5, 5.41) is 0.975. The van der Waals surface area contributed by atoms with Crippen LogP contribution in [0.15, 0.2) is 94.1 Å². The number of fused-ring (bicyclic) bond motifs is 2. The lowest BCUT2D eigenvalue weighted by Gasteiger charge is -2.26. The zero-order valence-electron chi connectivity index (χ0n) is 22.7. The maximum Gasteiger partial charge on any atom is 0.295 e. The maximum absolute atomic E-state index is 14.0. The fourth-order valence-corrected chi connectivity index (χ4v) is 5.57. The summed E-state index contributed by atoms with van der Waals surface area (Å²) in [5.74, 6) is 0.939. The summed E-state index contributed by atoms with van der Waals surface area (Å²) in [6.07, 6.45) is 0. The van der Waals surface area contributed by atoms with Crippen molar-refractivity contribution in [3.63, 3.8) is 0 Å². The molecule has 2 heterocycles. The first-order valence-corrected chi connectivity index (χ1v) is 14.0. The number of benzene rings is 4. The minimum absolute atomic E-state index is 0.0471. The Balaban J connectivity index is 1.51. The summed E-state index contributed by atoms with van der Waals surface area (Å²) in [4.78, 5) is 29.5. The molecule has 0 spiro atoms. The van der Waals surface area contributed by atoms with Gasteiger partial charge in [-0.15, -0.1) is 0 Å². The van der Waals surface area contributed by atoms with E-state index in [0.717, 1.165) is 5.56 Å². The lowest BCUT2D eigenvalue weighted by molar-refractivity contribution is 0.0971. The van der Waals surface area contributed by atoms with Gasteiger partial charge in [-0.2, -0.15) is 0 Å². The van der Waals surface area contributed by atoms with E-state index in [4.69, 9.17) is 41.8 Å². The smallest absolute Gasteiger partial charge is 0.295 e. The number of carbonyl (C=O) groups is 1. The van der Waals surface area contributed by atoms with Gasteiger partial charge in [-0.1, -0.05) is 59.6 Å². The Morgan fingerprint density at radius 1 is 0.857 bits per heavy atom. The highest BCUT2D eigenvalue weighted by molar-refractivity contribution is 6.32. The Morgan fingerprint density at radius 2 is 1.64 bits per heavy atom. The van der Waals surface area contributed by atoms with E-state index in [2.05, 4.69) is 0 Å². The van der Waals surface area contributed by atoms with Crippen LogP contribution in [-0.4, -0.2) is 19.6 Å². The quantitative estimate of drug-likeness (QED) is 0.180. The third kappa shape index (κ3) is 4.95. The average molecular weight is 602 g/mol. The SMILES string of the molecule is CCOc1cc(C2c3c(oc4ccc(Cl)cc4c3=O)C(=O)N2c2ccc(OC)c(Cl)c2)ccc1OCc1ccccc1. The summed E-state index contributed by atoms with van der Waals surface area (Å²) >= 11 is 12.7. The Kier molecular flexibility index (Phi) is 7.54. The molecular weight excluding hydrogens is 577 g/mol. The molecule has 5 aromatic rings. The largest absolute Gasteiger partial charge is 0.495 e. The first kappa shape index (κ1) is 27.7. The zero-order valence-corrected chi connectivity index (χ0v) is 24.2. The van der Waals surface area contributed by atoms with Gasteiger partial charge in [-0.3, -0.25) is 14.5 Å². The van der Waals surface area contributed by atoms with Gasteiger partial charge >= 0.3 is 0 Å². The number of nitrogens with zero attached hydrogens (tertiary/aromatic N) is 1. The number of halogens is 2. The summed E-state index contributed by atoms with van der Waals surface area (Å²) in [6, 6.07) is 24.1. The number of hydrogen-bond donors (Lipinski definition) is 0. The van der Waals surface area contributed by atoms with Crippen molar-refractivity contribution in [2.75, 3.05) is 18.6 Å². The van der Waals surface area contributed by atoms with Crippen LogP contribution in [0.4, 0.5) is 5.69 Å². The van der Waals surface area contributed by atoms with E-state index in [0.29, 0.717) is 51.8 Å². The molecule has 212 valence electrons. The van der Waals surface area contributed by atoms with E-state index < -0.39 is 11.9 Å². The molecule has 4 aromatic carbocycles. The van der Waals surface area contributed by atoms with Gasteiger partial charge in [0.25, 0.3) is 5.91 Å². The number of anilines is 1. The third-order valence-electron chi connectivity index (χ3n) is 7.07. The predicted octanol–water partition coefficient (Wildman–Crippen LogP) is 7.84. The number of methoxy groups -OCH3 is 1. The topological polar surface area (TPSA) is 78.2 Å². The van der Waals surface area contributed by atoms with Gasteiger partial charge in [0, 0.05) is 10.7 Å². The Labute approximate surface area is 251 Å². The minimum atomic E-state index is -0.848. The molecule has 1 aliphatic heterocycles. The number of ether oxygens (including phenoxy) is 3. The van der Waals surface area contributed by atoms with Crippen LogP contribution in [0.1, 0.15) is 40.2 Å². The van der Waals surface area contributed by atoms with Crippen molar-refractivity contribution >= 4 is 45.8 Å². The highest BCUT2D eigenvalue weighted by atomic mass is 35.5. The molecule has 6 rings (SSSR count). The predicted molar refractivity (Wildman–Crippen MR) is 163 cm³/mol. The Hall–Kier alpha value is -4.46. The van der Waals surface area contributed by atoms with Crippen LogP contribution in [-0.2, 0) is 6.61 Å². The molecule has 42 heavy (non-hydrogen) atoms. The highest BCUT2D eigenvalue weighted by Gasteiger charge is 2.44.